The topological polar surface area (TPSA) is 49.4 Å². The molecule has 0 aromatic heterocycles. The molecule has 0 saturated carbocycles. The Labute approximate surface area is 417 Å². The Bertz CT molecular complexity index is 2170. The number of benzene rings is 6. The van der Waals surface area contributed by atoms with Crippen molar-refractivity contribution in [2.24, 2.45) is 20.5 Å². The molecule has 4 heteroatoms. The van der Waals surface area contributed by atoms with E-state index in [0.717, 1.165) is 52.8 Å². The second-order valence-electron chi connectivity index (χ2n) is 14.0. The van der Waals surface area contributed by atoms with E-state index in [9.17, 15) is 0 Å². The summed E-state index contributed by atoms with van der Waals surface area (Å²) in [5, 5.41) is 22.7. The molecule has 0 heterocycles. The smallest absolute Gasteiger partial charge is 0.0936 e. The van der Waals surface area contributed by atoms with Crippen LogP contribution in [0.5, 0.6) is 0 Å². The molecule has 0 atom stereocenters. The fourth-order valence-electron chi connectivity index (χ4n) is 5.01. The normalized spacial score (nSPS) is 9.03. The van der Waals surface area contributed by atoms with E-state index in [-0.39, 0.29) is 0 Å². The van der Waals surface area contributed by atoms with E-state index in [1.165, 1.54) is 52.3 Å². The molecule has 6 rings (SSSR count). The van der Waals surface area contributed by atoms with Gasteiger partial charge in [0, 0.05) is 10.8 Å². The summed E-state index contributed by atoms with van der Waals surface area (Å²) in [4.78, 5) is 0. The first kappa shape index (κ1) is 68.1. The van der Waals surface area contributed by atoms with Crippen molar-refractivity contribution >= 4 is 44.3 Å². The zero-order chi connectivity index (χ0) is 52.4. The number of hydrogen-bond acceptors (Lipinski definition) is 4. The van der Waals surface area contributed by atoms with Gasteiger partial charge in [0.15, 0.2) is 0 Å². The summed E-state index contributed by atoms with van der Waals surface area (Å²) in [7, 11) is 0. The van der Waals surface area contributed by atoms with E-state index in [0.29, 0.717) is 0 Å². The van der Waals surface area contributed by atoms with Crippen LogP contribution in [-0.2, 0) is 19.3 Å². The maximum absolute atomic E-state index is 4.59. The highest BCUT2D eigenvalue weighted by molar-refractivity contribution is 5.99. The van der Waals surface area contributed by atoms with Crippen LogP contribution in [0.4, 0.5) is 22.7 Å². The number of nitrogens with zero attached hydrogens (tertiary/aromatic N) is 4. The maximum Gasteiger partial charge on any atom is 0.0936 e. The molecule has 0 aliphatic carbocycles. The van der Waals surface area contributed by atoms with Crippen molar-refractivity contribution in [1.29, 1.82) is 0 Å². The Balaban J connectivity index is -0.000000634. The van der Waals surface area contributed by atoms with Gasteiger partial charge in [0.05, 0.1) is 22.7 Å². The van der Waals surface area contributed by atoms with Gasteiger partial charge in [-0.1, -0.05) is 276 Å². The predicted octanol–water partition coefficient (Wildman–Crippen LogP) is 22.9. The molecule has 0 spiro atoms. The number of rotatable bonds is 11. The van der Waals surface area contributed by atoms with Gasteiger partial charge in [-0.05, 0) is 90.0 Å². The molecule has 0 aliphatic heterocycles. The van der Waals surface area contributed by atoms with Crippen LogP contribution in [0.1, 0.15) is 132 Å². The zero-order valence-electron chi connectivity index (χ0n) is 45.3. The summed E-state index contributed by atoms with van der Waals surface area (Å²) < 4.78 is 0. The van der Waals surface area contributed by atoms with Crippen LogP contribution in [0.3, 0.4) is 0 Å². The third-order valence-electron chi connectivity index (χ3n) is 7.97. The Morgan fingerprint density at radius 1 is 0.368 bits per heavy atom. The minimum Gasteiger partial charge on any atom is -0.151 e. The third-order valence-corrected chi connectivity index (χ3v) is 7.97. The van der Waals surface area contributed by atoms with Gasteiger partial charge in [0.2, 0.25) is 0 Å². The van der Waals surface area contributed by atoms with Crippen molar-refractivity contribution < 1.29 is 0 Å². The lowest BCUT2D eigenvalue weighted by Gasteiger charge is -2.06. The Morgan fingerprint density at radius 2 is 0.676 bits per heavy atom. The molecule has 0 amide bonds. The van der Waals surface area contributed by atoms with Crippen molar-refractivity contribution in [2.45, 2.75) is 135 Å². The lowest BCUT2D eigenvalue weighted by Crippen LogP contribution is -1.91. The monoisotopic (exact) mass is 917 g/mol. The van der Waals surface area contributed by atoms with Crippen molar-refractivity contribution in [3.05, 3.63) is 220 Å². The molecule has 68 heavy (non-hydrogen) atoms. The van der Waals surface area contributed by atoms with Crippen molar-refractivity contribution in [3.63, 3.8) is 0 Å². The van der Waals surface area contributed by atoms with Gasteiger partial charge in [0.1, 0.15) is 0 Å². The van der Waals surface area contributed by atoms with Crippen LogP contribution in [0.2, 0.25) is 0 Å². The fraction of sp³-hybridized carbons (Fsp3) is 0.312. The molecule has 0 unspecified atom stereocenters. The summed E-state index contributed by atoms with van der Waals surface area (Å²) in [6.07, 6.45) is 16.6. The zero-order valence-corrected chi connectivity index (χ0v) is 45.3. The first-order chi connectivity index (χ1) is 33.1. The van der Waals surface area contributed by atoms with Gasteiger partial charge < -0.3 is 0 Å². The second-order valence-corrected chi connectivity index (χ2v) is 14.0. The van der Waals surface area contributed by atoms with Gasteiger partial charge in [-0.2, -0.15) is 10.2 Å². The fourth-order valence-corrected chi connectivity index (χ4v) is 5.01. The van der Waals surface area contributed by atoms with E-state index in [1.54, 1.807) is 36.5 Å². The third kappa shape index (κ3) is 32.2. The highest BCUT2D eigenvalue weighted by atomic mass is 15.1. The Kier molecular flexibility index (Phi) is 50.0. The van der Waals surface area contributed by atoms with Crippen molar-refractivity contribution in [2.75, 3.05) is 0 Å². The highest BCUT2D eigenvalue weighted by Crippen LogP contribution is 2.35. The second kappa shape index (κ2) is 49.9. The molecule has 6 aromatic carbocycles. The SMILES string of the molecule is C=CC=C.C=CC=C.C=CC=C.CC.CC.CC.CCC.CCC.CCC.CCc1ccc2cc(CCc3ccc(N=Nc4ccc(N=Nc5ccc(C)cc5)c5ccccc45)cc3)ccc2c1. The minimum atomic E-state index is 0.807. The minimum absolute atomic E-state index is 0.807. The van der Waals surface area contributed by atoms with E-state index in [2.05, 4.69) is 164 Å². The lowest BCUT2D eigenvalue weighted by atomic mass is 9.99. The van der Waals surface area contributed by atoms with Crippen LogP contribution >= 0.6 is 0 Å². The number of allylic oxidation sites excluding steroid dienone is 6. The van der Waals surface area contributed by atoms with Gasteiger partial charge in [0.25, 0.3) is 0 Å². The van der Waals surface area contributed by atoms with E-state index >= 15 is 0 Å². The Morgan fingerprint density at radius 3 is 1.03 bits per heavy atom. The van der Waals surface area contributed by atoms with Crippen LogP contribution in [0, 0.1) is 6.92 Å². The maximum atomic E-state index is 4.59. The first-order valence-corrected chi connectivity index (χ1v) is 24.9. The van der Waals surface area contributed by atoms with Gasteiger partial charge >= 0.3 is 0 Å². The summed E-state index contributed by atoms with van der Waals surface area (Å²) in [5.74, 6) is 0. The summed E-state index contributed by atoms with van der Waals surface area (Å²) in [5.41, 5.74) is 8.51. The molecular formula is C64H92N4. The van der Waals surface area contributed by atoms with Crippen molar-refractivity contribution in [3.8, 4) is 0 Å². The summed E-state index contributed by atoms with van der Waals surface area (Å²) in [6, 6.07) is 42.0. The van der Waals surface area contributed by atoms with Crippen LogP contribution < -0.4 is 0 Å². The molecule has 0 N–H and O–H groups in total. The number of aryl methyl sites for hydroxylation is 4. The molecule has 368 valence electrons. The van der Waals surface area contributed by atoms with E-state index < -0.39 is 0 Å². The molecule has 0 radical (unpaired) electrons. The largest absolute Gasteiger partial charge is 0.151 e. The van der Waals surface area contributed by atoms with Gasteiger partial charge in [-0.15, -0.1) is 10.2 Å². The number of fused-ring (bicyclic) bond motifs is 2. The average molecular weight is 917 g/mol. The Hall–Kier alpha value is -6.52. The highest BCUT2D eigenvalue weighted by Gasteiger charge is 2.06. The molecule has 0 saturated heterocycles. The lowest BCUT2D eigenvalue weighted by molar-refractivity contribution is 0.962. The first-order valence-electron chi connectivity index (χ1n) is 24.9. The average Bonchev–Trinajstić information content (AvgIpc) is 3.40. The summed E-state index contributed by atoms with van der Waals surface area (Å²) in [6.45, 7) is 49.2. The van der Waals surface area contributed by atoms with Gasteiger partial charge in [-0.25, -0.2) is 0 Å². The molecule has 0 fully saturated rings. The molecule has 6 aromatic rings. The van der Waals surface area contributed by atoms with E-state index in [1.807, 2.05) is 114 Å². The molecule has 0 aliphatic rings. The number of azo groups is 2. The molecule has 0 bridgehead atoms. The van der Waals surface area contributed by atoms with Crippen LogP contribution in [0.15, 0.2) is 218 Å². The molecule has 4 nitrogen and oxygen atoms in total. The van der Waals surface area contributed by atoms with Crippen LogP contribution in [0.25, 0.3) is 21.5 Å². The van der Waals surface area contributed by atoms with Crippen molar-refractivity contribution in [1.82, 2.24) is 0 Å². The van der Waals surface area contributed by atoms with Crippen LogP contribution in [-0.4, -0.2) is 0 Å². The quantitative estimate of drug-likeness (QED) is 0.0918. The van der Waals surface area contributed by atoms with E-state index in [4.69, 9.17) is 0 Å². The number of hydrogen-bond donors (Lipinski definition) is 0. The summed E-state index contributed by atoms with van der Waals surface area (Å²) >= 11 is 0. The van der Waals surface area contributed by atoms with Gasteiger partial charge in [-0.3, -0.25) is 0 Å². The molecular weight excluding hydrogens is 825 g/mol. The standard InChI is InChI=1S/C37H32N4.3C4H6.3C3H8.3C2H6/c1-3-27-12-16-31-25-29(13-17-30(31)24-27)11-10-28-14-20-33(21-15-28)39-41-37-23-22-36(34-6-4-5-7-35(34)37)40-38-32-18-8-26(2)9-19-32;3*1-3-4-2;3*1-3-2;3*1-2/h4-9,12-25H,3,10-11H2,1-2H3;3*3-4H,1-2H2;3*3H2,1-2H3;3*1-2H3. The predicted molar refractivity (Wildman–Crippen MR) is 314 cm³/mol.